The minimum Gasteiger partial charge on any atom is -0.393 e. The van der Waals surface area contributed by atoms with E-state index in [2.05, 4.69) is 29.9 Å². The molecule has 684 valence electrons. The zero-order valence-corrected chi connectivity index (χ0v) is 72.8. The lowest BCUT2D eigenvalue weighted by Crippen LogP contribution is -2.39. The summed E-state index contributed by atoms with van der Waals surface area (Å²) in [5.41, 5.74) is -6.71. The van der Waals surface area contributed by atoms with Crippen LogP contribution in [0.3, 0.4) is 0 Å². The molecule has 42 nitrogen and oxygen atoms in total. The topological polar surface area (TPSA) is 492 Å². The molecule has 2 unspecified atom stereocenters. The number of unbranched alkanes of at least 4 members (excludes halogenated alkanes) is 2. The fourth-order valence-electron chi connectivity index (χ4n) is 13.1. The molecular formula is C82H128N24O18. The number of hydrogen-bond donors (Lipinski definition) is 6. The van der Waals surface area contributed by atoms with E-state index in [4.69, 9.17) is 31.5 Å². The molecule has 12 heterocycles. The van der Waals surface area contributed by atoms with Crippen molar-refractivity contribution in [2.24, 2.45) is 84.3 Å². The van der Waals surface area contributed by atoms with Crippen molar-refractivity contribution in [3.05, 3.63) is 161 Å². The number of aryl methyl sites for hydroxylation is 16. The first kappa shape index (κ1) is 70.0. The Kier molecular flexibility index (Phi) is 24.7. The molecule has 0 spiro atoms. The number of aliphatic hydroxyl groups is 6. The van der Waals surface area contributed by atoms with Gasteiger partial charge in [-0.2, -0.15) is 0 Å². The molecule has 0 saturated carbocycles. The van der Waals surface area contributed by atoms with Crippen molar-refractivity contribution in [2.45, 2.75) is 260 Å². The van der Waals surface area contributed by atoms with Gasteiger partial charge in [0.15, 0.2) is 67.0 Å². The molecule has 42 heteroatoms. The van der Waals surface area contributed by atoms with E-state index in [1.165, 1.54) is 121 Å². The van der Waals surface area contributed by atoms with E-state index < -0.39 is 146 Å². The average Bonchev–Trinajstić information content (AvgIpc) is 1.60. The van der Waals surface area contributed by atoms with Crippen LogP contribution < -0.4 is 67.5 Å². The average molecular weight is 1760 g/mol. The number of imidazole rings is 6. The van der Waals surface area contributed by atoms with Gasteiger partial charge in [0.2, 0.25) is 0 Å². The smallest absolute Gasteiger partial charge is 0.332 e. The van der Waals surface area contributed by atoms with Crippen molar-refractivity contribution in [3.8, 4) is 0 Å². The van der Waals surface area contributed by atoms with E-state index in [9.17, 15) is 88.2 Å². The molecule has 0 saturated heterocycles. The standard InChI is InChI=1S/4C14H22N4O3.2C13H20N4O3/c4*1-9(19)7-5-6-8-18-13(20)11-12(17(4)14(18)21)15-10(2)16(11)3;2*1-9(18)6-4-5-7-17-12(19)10-11(14-8-15(10)2)16(3)13(17)20/h4*9,19H,5-8H2,1-4H3;2*8-9,18H,4-7H2,1-3H3/t2*9-;;;2*9-/m10..10/s1/i2*3D3,7D2;3D3,7D2,9D;3D3,7D2;2*9D. The molecule has 6 N–H and O–H groups in total. The molecule has 6 atom stereocenters. The third-order valence-corrected chi connectivity index (χ3v) is 19.9. The lowest BCUT2D eigenvalue weighted by molar-refractivity contribution is 0.179. The van der Waals surface area contributed by atoms with Crippen LogP contribution in [-0.4, -0.2) is 179 Å². The lowest BCUT2D eigenvalue weighted by Gasteiger charge is -2.09. The Morgan fingerprint density at radius 1 is 0.290 bits per heavy atom. The maximum Gasteiger partial charge on any atom is 0.332 e. The quantitative estimate of drug-likeness (QED) is 0.0344. The molecule has 0 amide bonds. The fraction of sp³-hybridized carbons (Fsp3) is 0.634. The van der Waals surface area contributed by atoms with Gasteiger partial charge in [-0.15, -0.1) is 0 Å². The van der Waals surface area contributed by atoms with Crippen molar-refractivity contribution in [2.75, 3.05) is 0 Å². The van der Waals surface area contributed by atoms with E-state index in [0.717, 1.165) is 61.7 Å². The Morgan fingerprint density at radius 3 is 0.694 bits per heavy atom. The van der Waals surface area contributed by atoms with Crippen LogP contribution in [0.1, 0.15) is 212 Å². The normalized spacial score (nSPS) is 17.4. The van der Waals surface area contributed by atoms with Crippen LogP contribution in [0.15, 0.2) is 70.2 Å². The third kappa shape index (κ3) is 23.0. The Morgan fingerprint density at radius 2 is 0.492 bits per heavy atom. The third-order valence-electron chi connectivity index (χ3n) is 19.9. The number of nitrogens with zero attached hydrogens (tertiary/aromatic N) is 24. The van der Waals surface area contributed by atoms with Crippen molar-refractivity contribution < 1.29 is 62.2 Å². The maximum atomic E-state index is 12.8. The van der Waals surface area contributed by atoms with Crippen LogP contribution >= 0.6 is 0 Å². The summed E-state index contributed by atoms with van der Waals surface area (Å²) in [5.74, 6) is 0.345. The molecule has 0 aromatic carbocycles. The SMILES string of the molecule is [2H]C([2H])(CCCn1c(=O)c2c(nc(C)n2C([2H])([2H])[2H])n(C)c1=O)C(C)O.[2H]C([2H])(CCCn1c(=O)c2c(nc(C)n2C([2H])([2H])[2H])n(C)c1=O)[C@@H](C)O.[2H]C([2H])(CCCn1c(=O)c2c(nc(C)n2C([2H])([2H])[2H])n(C)c1=O)[C@H](C)O.[2H]C([2H])([2H])n1c(C)nc2c1c(=O)n(CCCC([2H])([2H])C([2H])(C)O)c(=O)n2C.[2H][C@@](C)(O)CCCCn1c(=O)c2c(ncn2C)n(C)c1=O.[2H][C@](C)(O)CCCCn1c(=O)c2c(ncn2C)n(C)c1=O. The Hall–Kier alpha value is -11.3. The van der Waals surface area contributed by atoms with E-state index in [1.807, 2.05) is 0 Å². The fourth-order valence-corrected chi connectivity index (χ4v) is 13.1. The van der Waals surface area contributed by atoms with Gasteiger partial charge in [-0.05, 0) is 185 Å². The van der Waals surface area contributed by atoms with Gasteiger partial charge >= 0.3 is 34.1 Å². The molecule has 0 fully saturated rings. The largest absolute Gasteiger partial charge is 0.393 e. The summed E-state index contributed by atoms with van der Waals surface area (Å²) in [6.45, 7) is 3.09. The number of aliphatic hydroxyl groups excluding tert-OH is 3. The predicted molar refractivity (Wildman–Crippen MR) is 473 cm³/mol. The predicted octanol–water partition coefficient (Wildman–Crippen LogP) is 1.14. The Balaban J connectivity index is 0.000000239. The van der Waals surface area contributed by atoms with E-state index in [-0.39, 0.29) is 170 Å². The molecule has 124 heavy (non-hydrogen) atoms. The Labute approximate surface area is 745 Å². The Bertz CT molecular complexity index is 7120. The minimum absolute atomic E-state index is 0.0100. The summed E-state index contributed by atoms with van der Waals surface area (Å²) >= 11 is 0. The second-order valence-electron chi connectivity index (χ2n) is 29.7. The molecule has 0 aliphatic carbocycles. The second-order valence-corrected chi connectivity index (χ2v) is 29.7. The van der Waals surface area contributed by atoms with Gasteiger partial charge in [0.25, 0.3) is 33.4 Å². The minimum atomic E-state index is -2.66. The zero-order chi connectivity index (χ0) is 113. The summed E-state index contributed by atoms with van der Waals surface area (Å²) in [6.07, 6.45) is -10.9. The maximum absolute atomic E-state index is 12.8. The summed E-state index contributed by atoms with van der Waals surface area (Å²) in [6, 6.07) is 0. The van der Waals surface area contributed by atoms with Crippen LogP contribution in [0.4, 0.5) is 0 Å². The molecule has 0 aliphatic heterocycles. The highest BCUT2D eigenvalue weighted by Gasteiger charge is 2.23. The summed E-state index contributed by atoms with van der Waals surface area (Å²) in [5, 5.41) is 56.5. The van der Waals surface area contributed by atoms with Crippen LogP contribution in [-0.2, 0) is 124 Å². The monoisotopic (exact) mass is 1760 g/mol. The molecule has 12 aromatic heterocycles. The molecule has 0 radical (unpaired) electrons. The summed E-state index contributed by atoms with van der Waals surface area (Å²) in [4.78, 5) is 174. The van der Waals surface area contributed by atoms with E-state index >= 15 is 0 Å². The lowest BCUT2D eigenvalue weighted by atomic mass is 10.2. The van der Waals surface area contributed by atoms with Crippen LogP contribution in [0.2, 0.25) is 0 Å². The highest BCUT2D eigenvalue weighted by molar-refractivity contribution is 5.74. The van der Waals surface area contributed by atoms with Gasteiger partial charge in [0.05, 0.1) is 53.3 Å². The van der Waals surface area contributed by atoms with Gasteiger partial charge in [0.1, 0.15) is 23.3 Å². The summed E-state index contributed by atoms with van der Waals surface area (Å²) in [7, 11) is 12.1. The number of rotatable bonds is 30. The van der Waals surface area contributed by atoms with Gasteiger partial charge < -0.3 is 58.0 Å². The molecule has 12 rings (SSSR count). The first-order chi connectivity index (χ1) is 66.9. The highest BCUT2D eigenvalue weighted by atomic mass is 16.3. The number of hydrogen-bond acceptors (Lipinski definition) is 24. The van der Waals surface area contributed by atoms with Gasteiger partial charge in [-0.1, -0.05) is 0 Å². The number of aromatic nitrogens is 24. The van der Waals surface area contributed by atoms with Crippen LogP contribution in [0, 0.1) is 27.7 Å². The first-order valence-corrected chi connectivity index (χ1v) is 39.6. The molecule has 0 aliphatic rings. The van der Waals surface area contributed by atoms with Crippen LogP contribution in [0.25, 0.3) is 67.0 Å². The number of fused-ring (bicyclic) bond motifs is 6. The van der Waals surface area contributed by atoms with Crippen molar-refractivity contribution in [1.82, 2.24) is 112 Å². The first-order valence-electron chi connectivity index (χ1n) is 51.1. The van der Waals surface area contributed by atoms with Crippen molar-refractivity contribution >= 4 is 67.0 Å². The van der Waals surface area contributed by atoms with E-state index in [0.29, 0.717) is 60.9 Å². The summed E-state index contributed by atoms with van der Waals surface area (Å²) < 4.78 is 195. The van der Waals surface area contributed by atoms with Crippen molar-refractivity contribution in [1.29, 1.82) is 0 Å². The highest BCUT2D eigenvalue weighted by Crippen LogP contribution is 2.15. The second kappa shape index (κ2) is 43.8. The molecule has 0 bridgehead atoms. The van der Waals surface area contributed by atoms with Gasteiger partial charge in [0, 0.05) is 151 Å². The van der Waals surface area contributed by atoms with Gasteiger partial charge in [-0.3, -0.25) is 83.6 Å². The van der Waals surface area contributed by atoms with Crippen molar-refractivity contribution in [3.63, 3.8) is 0 Å². The molecule has 12 aromatic rings. The van der Waals surface area contributed by atoms with Gasteiger partial charge in [-0.25, -0.2) is 58.7 Å². The zero-order valence-electron chi connectivity index (χ0n) is 95.8. The molecular weight excluding hydrogens is 1610 g/mol. The van der Waals surface area contributed by atoms with Crippen LogP contribution in [0.5, 0.6) is 0 Å². The van der Waals surface area contributed by atoms with E-state index in [1.54, 1.807) is 37.3 Å².